The standard InChI is InChI=1S/C35H33N7O3/c1-3-4-10-25-23-32(42(41-25)26-15-17-27(44-2)18-16-26)39-35(43)38-30-19-20-31(29-14-9-8-13-28(29)30)45-33-21-22-36-34(40-33)37-24-11-6-5-7-12-24/h5-9,11-23H,3-4,10H2,1-2H3,(H,36,37,40)(H2,38,39,43). The Hall–Kier alpha value is -5.90. The van der Waals surface area contributed by atoms with E-state index in [4.69, 9.17) is 14.6 Å². The molecule has 10 heteroatoms. The van der Waals surface area contributed by atoms with Crippen molar-refractivity contribution in [3.8, 4) is 23.1 Å². The first-order valence-electron chi connectivity index (χ1n) is 14.8. The first-order chi connectivity index (χ1) is 22.1. The van der Waals surface area contributed by atoms with Crippen LogP contribution in [0.15, 0.2) is 109 Å². The molecule has 2 amide bonds. The van der Waals surface area contributed by atoms with Crippen LogP contribution in [-0.2, 0) is 6.42 Å². The Morgan fingerprint density at radius 3 is 2.42 bits per heavy atom. The number of benzene rings is 4. The van der Waals surface area contributed by atoms with Crippen LogP contribution < -0.4 is 25.4 Å². The van der Waals surface area contributed by atoms with E-state index in [1.807, 2.05) is 97.1 Å². The lowest BCUT2D eigenvalue weighted by atomic mass is 10.1. The Balaban J connectivity index is 1.22. The average Bonchev–Trinajstić information content (AvgIpc) is 3.47. The van der Waals surface area contributed by atoms with Crippen molar-refractivity contribution in [1.29, 1.82) is 0 Å². The minimum absolute atomic E-state index is 0.387. The summed E-state index contributed by atoms with van der Waals surface area (Å²) in [5, 5.41) is 15.6. The molecule has 0 fully saturated rings. The van der Waals surface area contributed by atoms with Crippen LogP contribution in [-0.4, -0.2) is 32.9 Å². The highest BCUT2D eigenvalue weighted by Gasteiger charge is 2.15. The Morgan fingerprint density at radius 2 is 1.64 bits per heavy atom. The normalized spacial score (nSPS) is 10.8. The van der Waals surface area contributed by atoms with Gasteiger partial charge in [-0.15, -0.1) is 0 Å². The van der Waals surface area contributed by atoms with E-state index in [0.29, 0.717) is 29.1 Å². The molecule has 45 heavy (non-hydrogen) atoms. The molecule has 6 aromatic rings. The zero-order chi connectivity index (χ0) is 31.0. The summed E-state index contributed by atoms with van der Waals surface area (Å²) in [5.74, 6) is 2.71. The fourth-order valence-corrected chi connectivity index (χ4v) is 4.88. The van der Waals surface area contributed by atoms with Crippen molar-refractivity contribution in [3.05, 3.63) is 115 Å². The fraction of sp³-hybridized carbons (Fsp3) is 0.143. The summed E-state index contributed by atoms with van der Waals surface area (Å²) in [6, 6.07) is 31.8. The Labute approximate surface area is 261 Å². The van der Waals surface area contributed by atoms with Gasteiger partial charge in [0.05, 0.1) is 24.2 Å². The van der Waals surface area contributed by atoms with Gasteiger partial charge in [0.1, 0.15) is 17.3 Å². The molecule has 0 saturated heterocycles. The van der Waals surface area contributed by atoms with E-state index in [9.17, 15) is 4.79 Å². The summed E-state index contributed by atoms with van der Waals surface area (Å²) in [6.07, 6.45) is 4.51. The molecular formula is C35H33N7O3. The summed E-state index contributed by atoms with van der Waals surface area (Å²) >= 11 is 0. The molecule has 226 valence electrons. The zero-order valence-corrected chi connectivity index (χ0v) is 25.0. The molecule has 0 atom stereocenters. The minimum atomic E-state index is -0.391. The second-order valence-corrected chi connectivity index (χ2v) is 10.3. The smallest absolute Gasteiger partial charge is 0.324 e. The molecule has 4 aromatic carbocycles. The zero-order valence-electron chi connectivity index (χ0n) is 25.0. The lowest BCUT2D eigenvalue weighted by Gasteiger charge is -2.14. The van der Waals surface area contributed by atoms with E-state index in [1.54, 1.807) is 24.1 Å². The van der Waals surface area contributed by atoms with Gasteiger partial charge in [0.25, 0.3) is 0 Å². The van der Waals surface area contributed by atoms with Crippen LogP contribution in [0.1, 0.15) is 25.5 Å². The first-order valence-corrected chi connectivity index (χ1v) is 14.8. The van der Waals surface area contributed by atoms with E-state index < -0.39 is 6.03 Å². The van der Waals surface area contributed by atoms with Crippen LogP contribution in [0, 0.1) is 0 Å². The van der Waals surface area contributed by atoms with Crippen LogP contribution in [0.25, 0.3) is 16.5 Å². The van der Waals surface area contributed by atoms with Crippen molar-refractivity contribution in [3.63, 3.8) is 0 Å². The Morgan fingerprint density at radius 1 is 0.867 bits per heavy atom. The monoisotopic (exact) mass is 599 g/mol. The highest BCUT2D eigenvalue weighted by molar-refractivity contribution is 6.07. The highest BCUT2D eigenvalue weighted by atomic mass is 16.5. The summed E-state index contributed by atoms with van der Waals surface area (Å²) in [5.41, 5.74) is 3.22. The third-order valence-corrected chi connectivity index (χ3v) is 7.11. The number of carbonyl (C=O) groups is 1. The number of aromatic nitrogens is 4. The van der Waals surface area contributed by atoms with Crippen molar-refractivity contribution in [2.45, 2.75) is 26.2 Å². The molecule has 3 N–H and O–H groups in total. The van der Waals surface area contributed by atoms with Gasteiger partial charge in [-0.25, -0.2) is 14.5 Å². The lowest BCUT2D eigenvalue weighted by Crippen LogP contribution is -2.21. The topological polar surface area (TPSA) is 115 Å². The molecule has 2 aromatic heterocycles. The molecule has 0 aliphatic carbocycles. The van der Waals surface area contributed by atoms with Crippen LogP contribution in [0.3, 0.4) is 0 Å². The predicted molar refractivity (Wildman–Crippen MR) is 177 cm³/mol. The number of carbonyl (C=O) groups excluding carboxylic acids is 1. The quantitative estimate of drug-likeness (QED) is 0.137. The maximum atomic E-state index is 13.4. The molecule has 0 aliphatic heterocycles. The number of methoxy groups -OCH3 is 1. The maximum absolute atomic E-state index is 13.4. The van der Waals surface area contributed by atoms with Crippen molar-refractivity contribution >= 4 is 39.9 Å². The SMILES string of the molecule is CCCCc1cc(NC(=O)Nc2ccc(Oc3ccnc(Nc4ccccc4)n3)c3ccccc23)n(-c2ccc(OC)cc2)n1. The first kappa shape index (κ1) is 29.2. The molecule has 0 saturated carbocycles. The second kappa shape index (κ2) is 13.6. The van der Waals surface area contributed by atoms with Gasteiger partial charge in [-0.05, 0) is 61.4 Å². The number of fused-ring (bicyclic) bond motifs is 1. The fourth-order valence-electron chi connectivity index (χ4n) is 4.88. The number of hydrogen-bond donors (Lipinski definition) is 3. The summed E-state index contributed by atoms with van der Waals surface area (Å²) in [6.45, 7) is 2.14. The summed E-state index contributed by atoms with van der Waals surface area (Å²) in [7, 11) is 1.63. The number of ether oxygens (including phenoxy) is 2. The maximum Gasteiger partial charge on any atom is 0.324 e. The number of urea groups is 1. The number of para-hydroxylation sites is 1. The van der Waals surface area contributed by atoms with Crippen LogP contribution in [0.4, 0.5) is 27.9 Å². The number of nitrogens with one attached hydrogen (secondary N) is 3. The van der Waals surface area contributed by atoms with E-state index in [1.165, 1.54) is 0 Å². The van der Waals surface area contributed by atoms with Crippen LogP contribution in [0.2, 0.25) is 0 Å². The third kappa shape index (κ3) is 7.02. The number of rotatable bonds is 11. The minimum Gasteiger partial charge on any atom is -0.497 e. The van der Waals surface area contributed by atoms with Gasteiger partial charge in [-0.1, -0.05) is 55.8 Å². The van der Waals surface area contributed by atoms with Crippen molar-refractivity contribution in [1.82, 2.24) is 19.7 Å². The van der Waals surface area contributed by atoms with E-state index in [-0.39, 0.29) is 0 Å². The molecule has 0 bridgehead atoms. The van der Waals surface area contributed by atoms with Gasteiger partial charge in [0, 0.05) is 34.8 Å². The number of nitrogens with zero attached hydrogens (tertiary/aromatic N) is 4. The van der Waals surface area contributed by atoms with Crippen molar-refractivity contribution < 1.29 is 14.3 Å². The molecular weight excluding hydrogens is 566 g/mol. The number of aryl methyl sites for hydroxylation is 1. The molecule has 0 aliphatic rings. The van der Waals surface area contributed by atoms with Gasteiger partial charge < -0.3 is 20.1 Å². The molecule has 0 unspecified atom stereocenters. The van der Waals surface area contributed by atoms with E-state index in [2.05, 4.69) is 32.8 Å². The summed E-state index contributed by atoms with van der Waals surface area (Å²) < 4.78 is 13.2. The molecule has 0 radical (unpaired) electrons. The number of hydrogen-bond acceptors (Lipinski definition) is 7. The molecule has 6 rings (SSSR count). The van der Waals surface area contributed by atoms with Crippen LogP contribution >= 0.6 is 0 Å². The number of anilines is 4. The van der Waals surface area contributed by atoms with Gasteiger partial charge in [-0.3, -0.25) is 5.32 Å². The highest BCUT2D eigenvalue weighted by Crippen LogP contribution is 2.34. The van der Waals surface area contributed by atoms with Gasteiger partial charge in [0.15, 0.2) is 0 Å². The molecule has 2 heterocycles. The Kier molecular flexibility index (Phi) is 8.82. The number of unbranched alkanes of at least 4 members (excludes halogenated alkanes) is 1. The largest absolute Gasteiger partial charge is 0.497 e. The molecule has 0 spiro atoms. The lowest BCUT2D eigenvalue weighted by molar-refractivity contribution is 0.262. The van der Waals surface area contributed by atoms with Crippen molar-refractivity contribution in [2.75, 3.05) is 23.1 Å². The van der Waals surface area contributed by atoms with Crippen molar-refractivity contribution in [2.24, 2.45) is 0 Å². The molecule has 10 nitrogen and oxygen atoms in total. The summed E-state index contributed by atoms with van der Waals surface area (Å²) in [4.78, 5) is 22.2. The Bertz CT molecular complexity index is 1910. The second-order valence-electron chi connectivity index (χ2n) is 10.3. The number of amides is 2. The average molecular weight is 600 g/mol. The van der Waals surface area contributed by atoms with E-state index >= 15 is 0 Å². The van der Waals surface area contributed by atoms with Gasteiger partial charge in [-0.2, -0.15) is 10.1 Å². The van der Waals surface area contributed by atoms with Gasteiger partial charge >= 0.3 is 6.03 Å². The van der Waals surface area contributed by atoms with E-state index in [0.717, 1.165) is 52.9 Å². The van der Waals surface area contributed by atoms with Gasteiger partial charge in [0.2, 0.25) is 11.8 Å². The van der Waals surface area contributed by atoms with Crippen LogP contribution in [0.5, 0.6) is 17.4 Å². The predicted octanol–water partition coefficient (Wildman–Crippen LogP) is 8.35. The third-order valence-electron chi connectivity index (χ3n) is 7.11.